The fourth-order valence-electron chi connectivity index (χ4n) is 5.52. The summed E-state index contributed by atoms with van der Waals surface area (Å²) in [5, 5.41) is 2.97. The number of esters is 1. The number of ether oxygens (including phenoxy) is 2. The van der Waals surface area contributed by atoms with E-state index in [1.807, 2.05) is 51.1 Å². The van der Waals surface area contributed by atoms with Gasteiger partial charge in [0.2, 0.25) is 5.91 Å². The van der Waals surface area contributed by atoms with Gasteiger partial charge in [0.25, 0.3) is 0 Å². The Kier molecular flexibility index (Phi) is 8.87. The second-order valence-corrected chi connectivity index (χ2v) is 10.6. The minimum Gasteiger partial charge on any atom is -0.469 e. The lowest BCUT2D eigenvalue weighted by molar-refractivity contribution is -0.144. The van der Waals surface area contributed by atoms with Crippen molar-refractivity contribution < 1.29 is 23.9 Å². The second kappa shape index (κ2) is 12.3. The van der Waals surface area contributed by atoms with E-state index in [-0.39, 0.29) is 36.4 Å². The topological polar surface area (TPSA) is 84.9 Å². The van der Waals surface area contributed by atoms with Crippen molar-refractivity contribution in [3.8, 4) is 11.1 Å². The van der Waals surface area contributed by atoms with Gasteiger partial charge in [-0.05, 0) is 54.4 Å². The quantitative estimate of drug-likeness (QED) is 0.360. The molecule has 1 fully saturated rings. The van der Waals surface area contributed by atoms with Crippen LogP contribution in [0.2, 0.25) is 0 Å². The van der Waals surface area contributed by atoms with Gasteiger partial charge in [-0.2, -0.15) is 0 Å². The summed E-state index contributed by atoms with van der Waals surface area (Å²) in [6.07, 6.45) is 5.15. The first-order chi connectivity index (χ1) is 18.3. The fraction of sp³-hybridized carbons (Fsp3) is 0.452. The number of carbonyl (C=O) groups excluding carboxylic acids is 3. The molecule has 202 valence electrons. The van der Waals surface area contributed by atoms with Gasteiger partial charge < -0.3 is 14.8 Å². The molecule has 1 aliphatic heterocycles. The summed E-state index contributed by atoms with van der Waals surface area (Å²) in [6.45, 7) is 6.66. The first kappa shape index (κ1) is 27.4. The lowest BCUT2D eigenvalue weighted by Crippen LogP contribution is -2.48. The Balaban J connectivity index is 1.36. The summed E-state index contributed by atoms with van der Waals surface area (Å²) < 4.78 is 10.7. The predicted octanol–water partition coefficient (Wildman–Crippen LogP) is 5.30. The number of carbonyl (C=O) groups is 3. The number of fused-ring (bicyclic) bond motifs is 3. The summed E-state index contributed by atoms with van der Waals surface area (Å²) in [6, 6.07) is 15.5. The van der Waals surface area contributed by atoms with Crippen LogP contribution in [0.3, 0.4) is 0 Å². The SMILES string of the molecule is COC(=O)[C@H](/C=C/[C@H](C)NC(=O)[C@@H]1CCCN1C(=O)OCC1c2ccccc2-c2ccccc21)CC(C)C. The molecule has 0 radical (unpaired) electrons. The number of nitrogens with zero attached hydrogens (tertiary/aromatic N) is 1. The lowest BCUT2D eigenvalue weighted by Gasteiger charge is -2.25. The van der Waals surface area contributed by atoms with Crippen molar-refractivity contribution in [2.75, 3.05) is 20.3 Å². The third-order valence-corrected chi connectivity index (χ3v) is 7.36. The van der Waals surface area contributed by atoms with E-state index in [1.54, 1.807) is 6.08 Å². The average molecular weight is 519 g/mol. The van der Waals surface area contributed by atoms with Crippen LogP contribution in [0.5, 0.6) is 0 Å². The molecule has 1 N–H and O–H groups in total. The van der Waals surface area contributed by atoms with Gasteiger partial charge in [0, 0.05) is 18.5 Å². The van der Waals surface area contributed by atoms with Crippen LogP contribution in [0.15, 0.2) is 60.7 Å². The zero-order valence-electron chi connectivity index (χ0n) is 22.7. The summed E-state index contributed by atoms with van der Waals surface area (Å²) in [5.41, 5.74) is 4.65. The summed E-state index contributed by atoms with van der Waals surface area (Å²) in [4.78, 5) is 39.8. The Morgan fingerprint density at radius 3 is 2.24 bits per heavy atom. The third-order valence-electron chi connectivity index (χ3n) is 7.36. The van der Waals surface area contributed by atoms with Crippen molar-refractivity contribution in [3.05, 3.63) is 71.8 Å². The highest BCUT2D eigenvalue weighted by Gasteiger charge is 2.36. The Hall–Kier alpha value is -3.61. The molecule has 1 heterocycles. The van der Waals surface area contributed by atoms with Gasteiger partial charge in [-0.15, -0.1) is 0 Å². The average Bonchev–Trinajstić information content (AvgIpc) is 3.53. The smallest absolute Gasteiger partial charge is 0.410 e. The van der Waals surface area contributed by atoms with E-state index in [2.05, 4.69) is 29.6 Å². The molecule has 0 aromatic heterocycles. The molecule has 7 nitrogen and oxygen atoms in total. The van der Waals surface area contributed by atoms with Crippen LogP contribution >= 0.6 is 0 Å². The van der Waals surface area contributed by atoms with Crippen molar-refractivity contribution >= 4 is 18.0 Å². The molecular formula is C31H38N2O5. The van der Waals surface area contributed by atoms with E-state index in [9.17, 15) is 14.4 Å². The molecule has 3 atom stereocenters. The molecule has 0 bridgehead atoms. The first-order valence-corrected chi connectivity index (χ1v) is 13.5. The number of benzene rings is 2. The Bertz CT molecular complexity index is 1140. The second-order valence-electron chi connectivity index (χ2n) is 10.6. The molecule has 0 unspecified atom stereocenters. The molecule has 1 saturated heterocycles. The molecule has 2 amide bonds. The van der Waals surface area contributed by atoms with Crippen LogP contribution in [-0.2, 0) is 19.1 Å². The Labute approximate surface area is 225 Å². The van der Waals surface area contributed by atoms with Crippen LogP contribution in [0.1, 0.15) is 57.1 Å². The highest BCUT2D eigenvalue weighted by molar-refractivity contribution is 5.86. The van der Waals surface area contributed by atoms with Gasteiger partial charge in [-0.3, -0.25) is 14.5 Å². The summed E-state index contributed by atoms with van der Waals surface area (Å²) in [5.74, 6) is -0.557. The van der Waals surface area contributed by atoms with E-state index < -0.39 is 12.1 Å². The van der Waals surface area contributed by atoms with Gasteiger partial charge in [0.15, 0.2) is 0 Å². The fourth-order valence-corrected chi connectivity index (χ4v) is 5.52. The maximum absolute atomic E-state index is 13.1. The first-order valence-electron chi connectivity index (χ1n) is 13.5. The minimum atomic E-state index is -0.575. The van der Waals surface area contributed by atoms with Crippen LogP contribution < -0.4 is 5.32 Å². The number of hydrogen-bond donors (Lipinski definition) is 1. The molecular weight excluding hydrogens is 480 g/mol. The molecule has 7 heteroatoms. The summed E-state index contributed by atoms with van der Waals surface area (Å²) in [7, 11) is 1.38. The van der Waals surface area contributed by atoms with Crippen molar-refractivity contribution in [1.82, 2.24) is 10.2 Å². The zero-order chi connectivity index (χ0) is 27.2. The number of methoxy groups -OCH3 is 1. The Morgan fingerprint density at radius 2 is 1.63 bits per heavy atom. The van der Waals surface area contributed by atoms with E-state index in [0.717, 1.165) is 17.5 Å². The van der Waals surface area contributed by atoms with Gasteiger partial charge in [0.1, 0.15) is 12.6 Å². The van der Waals surface area contributed by atoms with Crippen LogP contribution in [0.25, 0.3) is 11.1 Å². The Morgan fingerprint density at radius 1 is 1.00 bits per heavy atom. The van der Waals surface area contributed by atoms with E-state index >= 15 is 0 Å². The molecule has 38 heavy (non-hydrogen) atoms. The van der Waals surface area contributed by atoms with E-state index in [4.69, 9.17) is 9.47 Å². The van der Waals surface area contributed by atoms with Gasteiger partial charge in [-0.25, -0.2) is 4.79 Å². The largest absolute Gasteiger partial charge is 0.469 e. The standard InChI is InChI=1S/C31H38N2O5/c1-20(2)18-22(30(35)37-4)16-15-21(3)32-29(34)28-14-9-17-33(28)31(36)38-19-27-25-12-7-5-10-23(25)24-11-6-8-13-26(24)27/h5-8,10-13,15-16,20-22,27-28H,9,14,17-19H2,1-4H3,(H,32,34)/b16-15+/t21-,22+,28-/m0/s1. The van der Waals surface area contributed by atoms with Crippen LogP contribution in [0.4, 0.5) is 4.79 Å². The number of amides is 2. The summed E-state index contributed by atoms with van der Waals surface area (Å²) >= 11 is 0. The third kappa shape index (κ3) is 6.09. The van der Waals surface area contributed by atoms with Crippen LogP contribution in [-0.4, -0.2) is 55.2 Å². The predicted molar refractivity (Wildman–Crippen MR) is 147 cm³/mol. The van der Waals surface area contributed by atoms with Crippen molar-refractivity contribution in [1.29, 1.82) is 0 Å². The van der Waals surface area contributed by atoms with E-state index in [1.165, 1.54) is 23.1 Å². The van der Waals surface area contributed by atoms with Crippen molar-refractivity contribution in [2.45, 2.75) is 58.0 Å². The highest BCUT2D eigenvalue weighted by Crippen LogP contribution is 2.44. The maximum atomic E-state index is 13.1. The minimum absolute atomic E-state index is 0.0278. The van der Waals surface area contributed by atoms with Gasteiger partial charge >= 0.3 is 12.1 Å². The maximum Gasteiger partial charge on any atom is 0.410 e. The molecule has 2 aromatic rings. The number of rotatable bonds is 9. The highest BCUT2D eigenvalue weighted by atomic mass is 16.6. The van der Waals surface area contributed by atoms with Gasteiger partial charge in [0.05, 0.1) is 13.0 Å². The number of hydrogen-bond acceptors (Lipinski definition) is 5. The molecule has 0 spiro atoms. The monoisotopic (exact) mass is 518 g/mol. The molecule has 0 saturated carbocycles. The molecule has 2 aliphatic rings. The van der Waals surface area contributed by atoms with Crippen molar-refractivity contribution in [2.24, 2.45) is 11.8 Å². The molecule has 4 rings (SSSR count). The molecule has 2 aromatic carbocycles. The molecule has 1 aliphatic carbocycles. The lowest BCUT2D eigenvalue weighted by atomic mass is 9.96. The van der Waals surface area contributed by atoms with Gasteiger partial charge in [-0.1, -0.05) is 74.5 Å². The normalized spacial score (nSPS) is 18.2. The van der Waals surface area contributed by atoms with E-state index in [0.29, 0.717) is 25.3 Å². The van der Waals surface area contributed by atoms with Crippen LogP contribution in [0, 0.1) is 11.8 Å². The number of likely N-dealkylation sites (tertiary alicyclic amines) is 1. The zero-order valence-corrected chi connectivity index (χ0v) is 22.7. The van der Waals surface area contributed by atoms with Crippen molar-refractivity contribution in [3.63, 3.8) is 0 Å². The number of nitrogens with one attached hydrogen (secondary N) is 1.